The molecule has 0 saturated carbocycles. The van der Waals surface area contributed by atoms with Crippen molar-refractivity contribution in [2.75, 3.05) is 0 Å². The van der Waals surface area contributed by atoms with Crippen LogP contribution in [0.4, 0.5) is 0 Å². The van der Waals surface area contributed by atoms with Crippen LogP contribution in [0.2, 0.25) is 0 Å². The summed E-state index contributed by atoms with van der Waals surface area (Å²) in [5.74, 6) is 0.595. The van der Waals surface area contributed by atoms with E-state index in [9.17, 15) is 4.79 Å². The largest absolute Gasteiger partial charge is 0.309 e. The third-order valence-electron chi connectivity index (χ3n) is 2.89. The van der Waals surface area contributed by atoms with Crippen LogP contribution in [0.1, 0.15) is 11.4 Å². The molecular weight excluding hydrogens is 264 g/mol. The van der Waals surface area contributed by atoms with Crippen LogP contribution in [0.15, 0.2) is 35.3 Å². The lowest BCUT2D eigenvalue weighted by atomic mass is 10.2. The Morgan fingerprint density at radius 2 is 2.05 bits per heavy atom. The molecule has 0 amide bonds. The number of alkyl halides is 1. The number of fused-ring (bicyclic) bond motifs is 1. The molecule has 0 aliphatic rings. The third kappa shape index (κ3) is 2.02. The predicted molar refractivity (Wildman–Crippen MR) is 73.8 cm³/mol. The lowest BCUT2D eigenvalue weighted by molar-refractivity contribution is 0.886. The van der Waals surface area contributed by atoms with Gasteiger partial charge in [-0.3, -0.25) is 4.79 Å². The number of aromatic nitrogens is 4. The molecular formula is C13H11ClN4O. The fourth-order valence-electron chi connectivity index (χ4n) is 1.90. The molecule has 0 aliphatic carbocycles. The van der Waals surface area contributed by atoms with E-state index in [1.807, 2.05) is 31.2 Å². The molecule has 1 N–H and O–H groups in total. The Balaban J connectivity index is 2.27. The number of nitrogens with one attached hydrogen (secondary N) is 1. The van der Waals surface area contributed by atoms with Crippen molar-refractivity contribution < 1.29 is 0 Å². The Bertz CT molecular complexity index is 789. The van der Waals surface area contributed by atoms with Crippen LogP contribution >= 0.6 is 11.6 Å². The number of hydrogen-bond donors (Lipinski definition) is 1. The highest BCUT2D eigenvalue weighted by Crippen LogP contribution is 2.14. The van der Waals surface area contributed by atoms with Gasteiger partial charge in [-0.05, 0) is 19.1 Å². The number of aryl methyl sites for hydroxylation is 1. The van der Waals surface area contributed by atoms with Crippen molar-refractivity contribution in [3.63, 3.8) is 0 Å². The lowest BCUT2D eigenvalue weighted by Gasteiger charge is -2.03. The van der Waals surface area contributed by atoms with Crippen molar-refractivity contribution in [3.05, 3.63) is 52.2 Å². The maximum Gasteiger partial charge on any atom is 0.262 e. The van der Waals surface area contributed by atoms with Gasteiger partial charge in [0.25, 0.3) is 5.56 Å². The number of hydrogen-bond acceptors (Lipinski definition) is 3. The van der Waals surface area contributed by atoms with Crippen molar-refractivity contribution in [2.24, 2.45) is 0 Å². The van der Waals surface area contributed by atoms with E-state index in [4.69, 9.17) is 11.6 Å². The smallest absolute Gasteiger partial charge is 0.262 e. The molecule has 0 bridgehead atoms. The maximum atomic E-state index is 11.8. The minimum absolute atomic E-state index is 0.157. The predicted octanol–water partition coefficient (Wildman–Crippen LogP) is 2.16. The van der Waals surface area contributed by atoms with Crippen LogP contribution in [-0.4, -0.2) is 19.7 Å². The van der Waals surface area contributed by atoms with Crippen molar-refractivity contribution in [1.82, 2.24) is 19.7 Å². The molecule has 2 aromatic heterocycles. The van der Waals surface area contributed by atoms with Gasteiger partial charge in [-0.25, -0.2) is 9.67 Å². The number of halogens is 1. The second-order valence-electron chi connectivity index (χ2n) is 4.28. The van der Waals surface area contributed by atoms with Gasteiger partial charge in [0.2, 0.25) is 0 Å². The van der Waals surface area contributed by atoms with E-state index in [0.29, 0.717) is 16.9 Å². The van der Waals surface area contributed by atoms with Crippen LogP contribution in [0.5, 0.6) is 0 Å². The summed E-state index contributed by atoms with van der Waals surface area (Å²) in [7, 11) is 0. The summed E-state index contributed by atoms with van der Waals surface area (Å²) in [6, 6.07) is 7.84. The average molecular weight is 275 g/mol. The van der Waals surface area contributed by atoms with E-state index in [2.05, 4.69) is 15.1 Å². The first kappa shape index (κ1) is 11.9. The van der Waals surface area contributed by atoms with Crippen LogP contribution in [0.3, 0.4) is 0 Å². The number of rotatable bonds is 2. The van der Waals surface area contributed by atoms with E-state index in [-0.39, 0.29) is 11.4 Å². The van der Waals surface area contributed by atoms with Crippen LogP contribution in [-0.2, 0) is 5.88 Å². The maximum absolute atomic E-state index is 11.8. The molecule has 2 heterocycles. The molecule has 5 nitrogen and oxygen atoms in total. The Morgan fingerprint density at radius 1 is 1.32 bits per heavy atom. The summed E-state index contributed by atoms with van der Waals surface area (Å²) < 4.78 is 1.64. The Labute approximate surface area is 113 Å². The van der Waals surface area contributed by atoms with Crippen LogP contribution in [0, 0.1) is 6.92 Å². The molecule has 0 radical (unpaired) electrons. The minimum Gasteiger partial charge on any atom is -0.309 e. The van der Waals surface area contributed by atoms with E-state index in [1.54, 1.807) is 4.68 Å². The molecule has 0 spiro atoms. The topological polar surface area (TPSA) is 63.6 Å². The summed E-state index contributed by atoms with van der Waals surface area (Å²) in [5.41, 5.74) is 2.31. The van der Waals surface area contributed by atoms with Gasteiger partial charge in [0.1, 0.15) is 11.2 Å². The first-order valence-corrected chi connectivity index (χ1v) is 6.32. The second-order valence-corrected chi connectivity index (χ2v) is 4.54. The Hall–Kier alpha value is -2.14. The fraction of sp³-hybridized carbons (Fsp3) is 0.154. The summed E-state index contributed by atoms with van der Waals surface area (Å²) in [4.78, 5) is 18.8. The van der Waals surface area contributed by atoms with Gasteiger partial charge in [0.05, 0.1) is 17.8 Å². The summed E-state index contributed by atoms with van der Waals surface area (Å²) in [6.07, 6.45) is 1.51. The molecule has 0 saturated heterocycles. The molecule has 3 aromatic rings. The SMILES string of the molecule is Cc1ccc(-n2ncc3c(=O)[nH]c(CCl)nc32)cc1. The summed E-state index contributed by atoms with van der Waals surface area (Å²) in [6.45, 7) is 2.01. The normalized spacial score (nSPS) is 11.1. The Morgan fingerprint density at radius 3 is 2.74 bits per heavy atom. The number of nitrogens with zero attached hydrogens (tertiary/aromatic N) is 3. The monoisotopic (exact) mass is 274 g/mol. The highest BCUT2D eigenvalue weighted by atomic mass is 35.5. The van der Waals surface area contributed by atoms with Gasteiger partial charge >= 0.3 is 0 Å². The van der Waals surface area contributed by atoms with E-state index in [0.717, 1.165) is 11.3 Å². The van der Waals surface area contributed by atoms with E-state index >= 15 is 0 Å². The minimum atomic E-state index is -0.223. The molecule has 96 valence electrons. The standard InChI is InChI=1S/C13H11ClN4O/c1-8-2-4-9(5-3-8)18-12-10(7-15-18)13(19)17-11(6-14)16-12/h2-5,7H,6H2,1H3,(H,16,17,19). The molecule has 1 aromatic carbocycles. The van der Waals surface area contributed by atoms with Crippen molar-refractivity contribution >= 4 is 22.6 Å². The van der Waals surface area contributed by atoms with Crippen LogP contribution in [0.25, 0.3) is 16.7 Å². The van der Waals surface area contributed by atoms with Gasteiger partial charge in [-0.2, -0.15) is 5.10 Å². The van der Waals surface area contributed by atoms with Gasteiger partial charge in [0.15, 0.2) is 5.65 Å². The van der Waals surface area contributed by atoms with Gasteiger partial charge in [0, 0.05) is 0 Å². The van der Waals surface area contributed by atoms with Crippen molar-refractivity contribution in [3.8, 4) is 5.69 Å². The zero-order valence-corrected chi connectivity index (χ0v) is 11.0. The van der Waals surface area contributed by atoms with Crippen molar-refractivity contribution in [1.29, 1.82) is 0 Å². The first-order valence-electron chi connectivity index (χ1n) is 5.79. The number of benzene rings is 1. The quantitative estimate of drug-likeness (QED) is 0.728. The molecule has 0 aliphatic heterocycles. The Kier molecular flexibility index (Phi) is 2.83. The van der Waals surface area contributed by atoms with Crippen LogP contribution < -0.4 is 5.56 Å². The second kappa shape index (κ2) is 4.51. The highest BCUT2D eigenvalue weighted by Gasteiger charge is 2.10. The van der Waals surface area contributed by atoms with Crippen molar-refractivity contribution in [2.45, 2.75) is 12.8 Å². The van der Waals surface area contributed by atoms with Gasteiger partial charge in [-0.15, -0.1) is 11.6 Å². The van der Waals surface area contributed by atoms with E-state index in [1.165, 1.54) is 6.20 Å². The number of H-pyrrole nitrogens is 1. The molecule has 0 unspecified atom stereocenters. The molecule has 19 heavy (non-hydrogen) atoms. The van der Waals surface area contributed by atoms with Gasteiger partial charge in [-0.1, -0.05) is 17.7 Å². The third-order valence-corrected chi connectivity index (χ3v) is 3.15. The first-order chi connectivity index (χ1) is 9.19. The molecule has 6 heteroatoms. The molecule has 0 fully saturated rings. The molecule has 3 rings (SSSR count). The lowest BCUT2D eigenvalue weighted by Crippen LogP contribution is -2.11. The highest BCUT2D eigenvalue weighted by molar-refractivity contribution is 6.16. The molecule has 0 atom stereocenters. The number of aromatic amines is 1. The average Bonchev–Trinajstić information content (AvgIpc) is 2.84. The zero-order valence-electron chi connectivity index (χ0n) is 10.2. The summed E-state index contributed by atoms with van der Waals surface area (Å²) >= 11 is 5.72. The fourth-order valence-corrected chi connectivity index (χ4v) is 2.03. The van der Waals surface area contributed by atoms with E-state index < -0.39 is 0 Å². The van der Waals surface area contributed by atoms with Gasteiger partial charge < -0.3 is 4.98 Å². The summed E-state index contributed by atoms with van der Waals surface area (Å²) in [5, 5.41) is 4.68. The zero-order chi connectivity index (χ0) is 13.4.